The number of aliphatic hydroxyl groups is 1. The second kappa shape index (κ2) is 11.1. The van der Waals surface area contributed by atoms with Crippen LogP contribution in [0.2, 0.25) is 0 Å². The summed E-state index contributed by atoms with van der Waals surface area (Å²) in [5, 5.41) is 14.7. The lowest BCUT2D eigenvalue weighted by atomic mass is 10.1. The summed E-state index contributed by atoms with van der Waals surface area (Å²) in [5.74, 6) is 1.14. The number of amides is 2. The van der Waals surface area contributed by atoms with Gasteiger partial charge in [0.05, 0.1) is 12.7 Å². The van der Waals surface area contributed by atoms with Crippen molar-refractivity contribution in [3.63, 3.8) is 0 Å². The molecule has 0 atom stereocenters. The molecule has 2 heterocycles. The van der Waals surface area contributed by atoms with Gasteiger partial charge >= 0.3 is 0 Å². The highest BCUT2D eigenvalue weighted by molar-refractivity contribution is 7.13. The summed E-state index contributed by atoms with van der Waals surface area (Å²) < 4.78 is 11.7. The van der Waals surface area contributed by atoms with Crippen LogP contribution in [0.4, 0.5) is 5.13 Å². The molecule has 1 aliphatic rings. The highest BCUT2D eigenvalue weighted by atomic mass is 32.1. The predicted molar refractivity (Wildman–Crippen MR) is 130 cm³/mol. The third-order valence-electron chi connectivity index (χ3n) is 5.36. The maximum absolute atomic E-state index is 12.7. The lowest BCUT2D eigenvalue weighted by molar-refractivity contribution is 0.0546. The van der Waals surface area contributed by atoms with Crippen molar-refractivity contribution in [1.29, 1.82) is 0 Å². The van der Waals surface area contributed by atoms with E-state index < -0.39 is 0 Å². The number of piperidine rings is 1. The van der Waals surface area contributed by atoms with E-state index in [0.29, 0.717) is 66.0 Å². The molecule has 8 nitrogen and oxygen atoms in total. The van der Waals surface area contributed by atoms with Crippen molar-refractivity contribution < 1.29 is 24.2 Å². The Morgan fingerprint density at radius 3 is 2.50 bits per heavy atom. The summed E-state index contributed by atoms with van der Waals surface area (Å²) in [5.41, 5.74) is 0.949. The first-order valence-corrected chi connectivity index (χ1v) is 12.1. The van der Waals surface area contributed by atoms with Crippen LogP contribution < -0.4 is 14.8 Å². The lowest BCUT2D eigenvalue weighted by Gasteiger charge is -2.29. The monoisotopic (exact) mass is 481 g/mol. The number of hydrogen-bond acceptors (Lipinski definition) is 7. The minimum atomic E-state index is -0.328. The second-order valence-electron chi connectivity index (χ2n) is 7.98. The normalized spacial score (nSPS) is 14.0. The molecule has 1 aromatic heterocycles. The Morgan fingerprint density at radius 1 is 1.09 bits per heavy atom. The van der Waals surface area contributed by atoms with Crippen molar-refractivity contribution in [3.8, 4) is 17.2 Å². The van der Waals surface area contributed by atoms with Gasteiger partial charge in [0, 0.05) is 41.9 Å². The number of nitrogens with one attached hydrogen (secondary N) is 1. The smallest absolute Gasteiger partial charge is 0.257 e. The highest BCUT2D eigenvalue weighted by Gasteiger charge is 2.22. The molecule has 3 aromatic rings. The minimum Gasteiger partial charge on any atom is -0.493 e. The third kappa shape index (κ3) is 6.12. The van der Waals surface area contributed by atoms with Crippen LogP contribution in [0.3, 0.4) is 0 Å². The first-order valence-electron chi connectivity index (χ1n) is 11.3. The minimum absolute atomic E-state index is 0.0606. The Balaban J connectivity index is 1.48. The van der Waals surface area contributed by atoms with E-state index in [0.717, 1.165) is 6.42 Å². The summed E-state index contributed by atoms with van der Waals surface area (Å²) in [6, 6.07) is 11.9. The molecule has 1 fully saturated rings. The summed E-state index contributed by atoms with van der Waals surface area (Å²) in [6.07, 6.45) is 3.32. The van der Waals surface area contributed by atoms with Gasteiger partial charge in [0.1, 0.15) is 17.2 Å². The average molecular weight is 482 g/mol. The molecule has 1 saturated heterocycles. The van der Waals surface area contributed by atoms with Gasteiger partial charge in [-0.2, -0.15) is 0 Å². The predicted octanol–water partition coefficient (Wildman–Crippen LogP) is 4.57. The van der Waals surface area contributed by atoms with Gasteiger partial charge in [-0.3, -0.25) is 14.9 Å². The van der Waals surface area contributed by atoms with Gasteiger partial charge in [-0.25, -0.2) is 4.98 Å². The highest BCUT2D eigenvalue weighted by Crippen LogP contribution is 2.29. The standard InChI is InChI=1S/C25H27N3O5S/c1-2-12-32-21-14-18(23(30)27-25-26-9-13-34-25)15-22(16-21)33-20-5-3-17(4-6-20)24(31)28-10-7-19(29)8-11-28/h3-6,9,13-16,19,29H,2,7-8,10-12H2,1H3,(H,26,27,30). The van der Waals surface area contributed by atoms with Gasteiger partial charge in [-0.05, 0) is 55.7 Å². The van der Waals surface area contributed by atoms with Gasteiger partial charge in [0.25, 0.3) is 11.8 Å². The Bertz CT molecular complexity index is 1110. The zero-order valence-electron chi connectivity index (χ0n) is 18.9. The molecule has 1 aliphatic heterocycles. The number of hydrogen-bond donors (Lipinski definition) is 2. The number of rotatable bonds is 8. The number of anilines is 1. The third-order valence-corrected chi connectivity index (χ3v) is 6.05. The van der Waals surface area contributed by atoms with E-state index in [4.69, 9.17) is 9.47 Å². The number of ether oxygens (including phenoxy) is 2. The maximum Gasteiger partial charge on any atom is 0.257 e. The van der Waals surface area contributed by atoms with Crippen LogP contribution in [0.1, 0.15) is 46.9 Å². The number of thiazole rings is 1. The molecule has 0 aliphatic carbocycles. The van der Waals surface area contributed by atoms with E-state index >= 15 is 0 Å². The van der Waals surface area contributed by atoms with E-state index in [2.05, 4.69) is 10.3 Å². The van der Waals surface area contributed by atoms with E-state index in [1.54, 1.807) is 58.9 Å². The van der Waals surface area contributed by atoms with Gasteiger partial charge in [-0.1, -0.05) is 6.92 Å². The van der Waals surface area contributed by atoms with Crippen LogP contribution >= 0.6 is 11.3 Å². The van der Waals surface area contributed by atoms with E-state index in [1.165, 1.54) is 11.3 Å². The quantitative estimate of drug-likeness (QED) is 0.489. The second-order valence-corrected chi connectivity index (χ2v) is 8.88. The molecular formula is C25H27N3O5S. The molecule has 2 amide bonds. The topological polar surface area (TPSA) is 101 Å². The zero-order chi connectivity index (χ0) is 23.9. The van der Waals surface area contributed by atoms with E-state index in [-0.39, 0.29) is 17.9 Å². The fraction of sp³-hybridized carbons (Fsp3) is 0.320. The summed E-state index contributed by atoms with van der Waals surface area (Å²) >= 11 is 1.34. The van der Waals surface area contributed by atoms with Crippen molar-refractivity contribution >= 4 is 28.3 Å². The molecule has 2 N–H and O–H groups in total. The van der Waals surface area contributed by atoms with Gasteiger partial charge < -0.3 is 19.5 Å². The molecule has 178 valence electrons. The van der Waals surface area contributed by atoms with E-state index in [9.17, 15) is 14.7 Å². The number of nitrogens with zero attached hydrogens (tertiary/aromatic N) is 2. The first-order chi connectivity index (χ1) is 16.5. The summed E-state index contributed by atoms with van der Waals surface area (Å²) in [4.78, 5) is 31.3. The number of aromatic nitrogens is 1. The molecule has 0 saturated carbocycles. The molecule has 0 bridgehead atoms. The van der Waals surface area contributed by atoms with E-state index in [1.807, 2.05) is 6.92 Å². The van der Waals surface area contributed by atoms with Gasteiger partial charge in [-0.15, -0.1) is 11.3 Å². The molecule has 0 spiro atoms. The van der Waals surface area contributed by atoms with Crippen LogP contribution in [0.15, 0.2) is 54.0 Å². The van der Waals surface area contributed by atoms with Gasteiger partial charge in [0.15, 0.2) is 5.13 Å². The Kier molecular flexibility index (Phi) is 7.76. The Hall–Kier alpha value is -3.43. The molecular weight excluding hydrogens is 454 g/mol. The average Bonchev–Trinajstić information content (AvgIpc) is 3.36. The fourth-order valence-corrected chi connectivity index (χ4v) is 4.10. The molecule has 2 aromatic carbocycles. The van der Waals surface area contributed by atoms with Crippen molar-refractivity contribution in [3.05, 3.63) is 65.2 Å². The number of carbonyl (C=O) groups excluding carboxylic acids is 2. The van der Waals surface area contributed by atoms with Crippen LogP contribution in [-0.2, 0) is 0 Å². The van der Waals surface area contributed by atoms with Crippen LogP contribution in [0.25, 0.3) is 0 Å². The van der Waals surface area contributed by atoms with Crippen molar-refractivity contribution in [2.75, 3.05) is 25.0 Å². The van der Waals surface area contributed by atoms with Crippen LogP contribution in [0, 0.1) is 0 Å². The zero-order valence-corrected chi connectivity index (χ0v) is 19.7. The fourth-order valence-electron chi connectivity index (χ4n) is 3.57. The summed E-state index contributed by atoms with van der Waals surface area (Å²) in [6.45, 7) is 3.62. The lowest BCUT2D eigenvalue weighted by Crippen LogP contribution is -2.40. The van der Waals surface area contributed by atoms with Crippen molar-refractivity contribution in [1.82, 2.24) is 9.88 Å². The maximum atomic E-state index is 12.7. The largest absolute Gasteiger partial charge is 0.493 e. The first kappa shape index (κ1) is 23.7. The molecule has 9 heteroatoms. The molecule has 4 rings (SSSR count). The number of likely N-dealkylation sites (tertiary alicyclic amines) is 1. The van der Waals surface area contributed by atoms with Crippen LogP contribution in [0.5, 0.6) is 17.2 Å². The number of benzene rings is 2. The SMILES string of the molecule is CCCOc1cc(Oc2ccc(C(=O)N3CCC(O)CC3)cc2)cc(C(=O)Nc2nccs2)c1. The molecule has 34 heavy (non-hydrogen) atoms. The number of carbonyl (C=O) groups is 2. The van der Waals surface area contributed by atoms with Crippen molar-refractivity contribution in [2.45, 2.75) is 32.3 Å². The molecule has 0 unspecified atom stereocenters. The molecule has 0 radical (unpaired) electrons. The Morgan fingerprint density at radius 2 is 1.82 bits per heavy atom. The number of aliphatic hydroxyl groups excluding tert-OH is 1. The Labute approximate surface area is 202 Å². The van der Waals surface area contributed by atoms with Crippen molar-refractivity contribution in [2.24, 2.45) is 0 Å². The van der Waals surface area contributed by atoms with Crippen LogP contribution in [-0.4, -0.2) is 52.6 Å². The summed E-state index contributed by atoms with van der Waals surface area (Å²) in [7, 11) is 0. The van der Waals surface area contributed by atoms with Gasteiger partial charge in [0.2, 0.25) is 0 Å².